The van der Waals surface area contributed by atoms with Gasteiger partial charge in [0.1, 0.15) is 18.2 Å². The van der Waals surface area contributed by atoms with E-state index in [9.17, 15) is 4.39 Å². The minimum atomic E-state index is -0.276. The third-order valence-electron chi connectivity index (χ3n) is 4.04. The Morgan fingerprint density at radius 2 is 1.87 bits per heavy atom. The number of nitrogens with zero attached hydrogens (tertiary/aromatic N) is 3. The van der Waals surface area contributed by atoms with Crippen molar-refractivity contribution in [3.63, 3.8) is 0 Å². The van der Waals surface area contributed by atoms with Crippen LogP contribution in [0.5, 0.6) is 0 Å². The van der Waals surface area contributed by atoms with Crippen molar-refractivity contribution in [2.75, 3.05) is 11.5 Å². The van der Waals surface area contributed by atoms with Crippen LogP contribution in [0.3, 0.4) is 0 Å². The number of aromatic nitrogens is 3. The van der Waals surface area contributed by atoms with Crippen molar-refractivity contribution < 1.29 is 13.7 Å². The summed E-state index contributed by atoms with van der Waals surface area (Å²) in [5.41, 5.74) is 14.6. The van der Waals surface area contributed by atoms with Crippen LogP contribution in [0.15, 0.2) is 64.8 Å². The minimum Gasteiger partial charge on any atom is -0.492 e. The van der Waals surface area contributed by atoms with Gasteiger partial charge in [-0.25, -0.2) is 9.37 Å². The van der Waals surface area contributed by atoms with E-state index < -0.39 is 0 Å². The predicted molar refractivity (Wildman–Crippen MR) is 120 cm³/mol. The molecule has 4 N–H and O–H groups in total. The molecule has 0 fully saturated rings. The number of hydrogen-bond acceptors (Lipinski definition) is 7. The molecule has 0 aliphatic carbocycles. The molecule has 0 saturated carbocycles. The second-order valence-electron chi connectivity index (χ2n) is 6.51. The second-order valence-corrected chi connectivity index (χ2v) is 6.51. The maximum Gasteiger partial charge on any atom is 0.170 e. The summed E-state index contributed by atoms with van der Waals surface area (Å²) in [6, 6.07) is 9.05. The molecule has 164 valence electrons. The first kappa shape index (κ1) is 23.6. The van der Waals surface area contributed by atoms with Crippen LogP contribution in [0.1, 0.15) is 44.6 Å². The summed E-state index contributed by atoms with van der Waals surface area (Å²) in [7, 11) is 0. The second kappa shape index (κ2) is 11.5. The first-order chi connectivity index (χ1) is 14.9. The van der Waals surface area contributed by atoms with Crippen molar-refractivity contribution in [3.05, 3.63) is 77.2 Å². The zero-order valence-corrected chi connectivity index (χ0v) is 18.2. The van der Waals surface area contributed by atoms with E-state index in [1.54, 1.807) is 31.3 Å². The van der Waals surface area contributed by atoms with Crippen LogP contribution in [0.25, 0.3) is 11.3 Å². The lowest BCUT2D eigenvalue weighted by molar-refractivity contribution is 0.197. The number of nitrogen functional groups attached to an aromatic ring is 2. The molecule has 0 amide bonds. The molecule has 3 aromatic heterocycles. The van der Waals surface area contributed by atoms with Gasteiger partial charge in [0.05, 0.1) is 28.5 Å². The standard InChI is InChI=1S/C21H22FN5O2.C2H6/c1-13(22)3-4-14(2)28-12-16-6-5-15(11-25-16)9-17-10-19(29-27-17)18-7-8-20(23)26-21(18)24;1-2/h3-8,10-11H,9,12H2,1-2H3,(H4,23,24,26);1-2H3/b13-3+,14-4+;. The van der Waals surface area contributed by atoms with Crippen molar-refractivity contribution in [2.24, 2.45) is 0 Å². The summed E-state index contributed by atoms with van der Waals surface area (Å²) in [6.07, 6.45) is 5.25. The Balaban J connectivity index is 0.00000166. The van der Waals surface area contributed by atoms with Gasteiger partial charge in [0.25, 0.3) is 0 Å². The minimum absolute atomic E-state index is 0.276. The monoisotopic (exact) mass is 425 g/mol. The molecule has 0 atom stereocenters. The molecule has 31 heavy (non-hydrogen) atoms. The summed E-state index contributed by atoms with van der Waals surface area (Å²) in [4.78, 5) is 8.41. The van der Waals surface area contributed by atoms with E-state index in [0.29, 0.717) is 41.7 Å². The Hall–Kier alpha value is -3.68. The molecular formula is C23H28FN5O2. The lowest BCUT2D eigenvalue weighted by Crippen LogP contribution is -1.97. The van der Waals surface area contributed by atoms with E-state index >= 15 is 0 Å². The van der Waals surface area contributed by atoms with Gasteiger partial charge in [-0.3, -0.25) is 4.98 Å². The molecule has 0 aromatic carbocycles. The lowest BCUT2D eigenvalue weighted by Gasteiger charge is -2.06. The smallest absolute Gasteiger partial charge is 0.170 e. The van der Waals surface area contributed by atoms with E-state index in [0.717, 1.165) is 17.0 Å². The zero-order valence-electron chi connectivity index (χ0n) is 18.2. The summed E-state index contributed by atoms with van der Waals surface area (Å²) in [5, 5.41) is 4.08. The first-order valence-corrected chi connectivity index (χ1v) is 9.96. The average molecular weight is 426 g/mol. The normalized spacial score (nSPS) is 11.6. The topological polar surface area (TPSA) is 113 Å². The predicted octanol–water partition coefficient (Wildman–Crippen LogP) is 5.21. The van der Waals surface area contributed by atoms with Gasteiger partial charge in [0.2, 0.25) is 0 Å². The number of hydrogen-bond donors (Lipinski definition) is 2. The number of ether oxygens (including phenoxy) is 1. The summed E-state index contributed by atoms with van der Waals surface area (Å²) in [5.74, 6) is 1.50. The van der Waals surface area contributed by atoms with Crippen LogP contribution in [0, 0.1) is 0 Å². The quantitative estimate of drug-likeness (QED) is 0.395. The molecule has 3 rings (SSSR count). The first-order valence-electron chi connectivity index (χ1n) is 9.96. The van der Waals surface area contributed by atoms with Gasteiger partial charge in [-0.1, -0.05) is 25.1 Å². The van der Waals surface area contributed by atoms with E-state index in [1.165, 1.54) is 13.0 Å². The van der Waals surface area contributed by atoms with Crippen LogP contribution in [0.2, 0.25) is 0 Å². The van der Waals surface area contributed by atoms with Crippen molar-refractivity contribution >= 4 is 11.6 Å². The fourth-order valence-corrected chi connectivity index (χ4v) is 2.54. The molecule has 0 saturated heterocycles. The highest BCUT2D eigenvalue weighted by Crippen LogP contribution is 2.26. The van der Waals surface area contributed by atoms with Crippen LogP contribution < -0.4 is 11.5 Å². The van der Waals surface area contributed by atoms with E-state index in [1.807, 2.05) is 32.0 Å². The highest BCUT2D eigenvalue weighted by atomic mass is 19.1. The molecule has 0 radical (unpaired) electrons. The fourth-order valence-electron chi connectivity index (χ4n) is 2.54. The molecular weight excluding hydrogens is 397 g/mol. The maximum absolute atomic E-state index is 12.7. The van der Waals surface area contributed by atoms with Gasteiger partial charge in [-0.15, -0.1) is 0 Å². The molecule has 8 heteroatoms. The lowest BCUT2D eigenvalue weighted by atomic mass is 10.1. The van der Waals surface area contributed by atoms with Crippen LogP contribution >= 0.6 is 0 Å². The SMILES string of the molecule is C/C(F)=C\C=C(/C)OCc1ccc(Cc2cc(-c3ccc(N)nc3N)on2)cn1.CC. The largest absolute Gasteiger partial charge is 0.492 e. The summed E-state index contributed by atoms with van der Waals surface area (Å²) in [6.45, 7) is 7.45. The highest BCUT2D eigenvalue weighted by molar-refractivity contribution is 5.71. The van der Waals surface area contributed by atoms with E-state index in [-0.39, 0.29) is 5.83 Å². The molecule has 0 aliphatic heterocycles. The van der Waals surface area contributed by atoms with E-state index in [2.05, 4.69) is 15.1 Å². The molecule has 0 spiro atoms. The molecule has 7 nitrogen and oxygen atoms in total. The summed E-state index contributed by atoms with van der Waals surface area (Å²) < 4.78 is 23.6. The Labute approximate surface area is 181 Å². The number of pyridine rings is 2. The number of nitrogens with two attached hydrogens (primary N) is 2. The number of halogens is 1. The third kappa shape index (κ3) is 7.26. The molecule has 3 aromatic rings. The Bertz CT molecular complexity index is 1040. The third-order valence-corrected chi connectivity index (χ3v) is 4.04. The molecule has 0 bridgehead atoms. The number of anilines is 2. The molecule has 0 aliphatic rings. The van der Waals surface area contributed by atoms with Gasteiger partial charge < -0.3 is 20.7 Å². The maximum atomic E-state index is 12.7. The number of allylic oxidation sites excluding steroid dienone is 4. The van der Waals surface area contributed by atoms with Gasteiger partial charge in [0, 0.05) is 18.7 Å². The van der Waals surface area contributed by atoms with Crippen molar-refractivity contribution in [2.45, 2.75) is 40.7 Å². The van der Waals surface area contributed by atoms with Gasteiger partial charge in [-0.2, -0.15) is 0 Å². The highest BCUT2D eigenvalue weighted by Gasteiger charge is 2.12. The average Bonchev–Trinajstić information content (AvgIpc) is 3.21. The molecule has 3 heterocycles. The van der Waals surface area contributed by atoms with Gasteiger partial charge in [0.15, 0.2) is 5.76 Å². The van der Waals surface area contributed by atoms with Crippen LogP contribution in [-0.2, 0) is 17.8 Å². The van der Waals surface area contributed by atoms with Gasteiger partial charge >= 0.3 is 0 Å². The van der Waals surface area contributed by atoms with Crippen molar-refractivity contribution in [1.82, 2.24) is 15.1 Å². The van der Waals surface area contributed by atoms with Crippen LogP contribution in [-0.4, -0.2) is 15.1 Å². The molecule has 0 unspecified atom stereocenters. The zero-order chi connectivity index (χ0) is 22.8. The van der Waals surface area contributed by atoms with Crippen LogP contribution in [0.4, 0.5) is 16.0 Å². The Morgan fingerprint density at radius 3 is 2.52 bits per heavy atom. The van der Waals surface area contributed by atoms with E-state index in [4.69, 9.17) is 20.7 Å². The number of rotatable bonds is 7. The van der Waals surface area contributed by atoms with Gasteiger partial charge in [-0.05, 0) is 49.8 Å². The van der Waals surface area contributed by atoms with Crippen molar-refractivity contribution in [3.8, 4) is 11.3 Å². The van der Waals surface area contributed by atoms with Crippen molar-refractivity contribution in [1.29, 1.82) is 0 Å². The Morgan fingerprint density at radius 1 is 1.10 bits per heavy atom. The fraction of sp³-hybridized carbons (Fsp3) is 0.261. The summed E-state index contributed by atoms with van der Waals surface area (Å²) >= 11 is 0. The Kier molecular flexibility index (Phi) is 8.75.